The van der Waals surface area contributed by atoms with E-state index in [0.717, 1.165) is 29.3 Å². The molecule has 0 aliphatic carbocycles. The van der Waals surface area contributed by atoms with E-state index in [9.17, 15) is 19.2 Å². The Labute approximate surface area is 189 Å². The Balaban J connectivity index is 1.35. The highest BCUT2D eigenvalue weighted by Crippen LogP contribution is 2.22. The molecule has 3 heterocycles. The zero-order valence-corrected chi connectivity index (χ0v) is 18.6. The number of thiophene rings is 1. The maximum absolute atomic E-state index is 12.7. The lowest BCUT2D eigenvalue weighted by Gasteiger charge is -2.13. The number of rotatable bonds is 8. The third kappa shape index (κ3) is 4.13. The molecule has 2 amide bonds. The molecule has 32 heavy (non-hydrogen) atoms. The monoisotopic (exact) mass is 450 g/mol. The molecule has 0 atom stereocenters. The average molecular weight is 451 g/mol. The molecule has 0 spiro atoms. The molecule has 7 nitrogen and oxygen atoms in total. The van der Waals surface area contributed by atoms with E-state index in [0.29, 0.717) is 5.56 Å². The van der Waals surface area contributed by atoms with Crippen molar-refractivity contribution in [3.8, 4) is 0 Å². The maximum Gasteiger partial charge on any atom is 0.326 e. The van der Waals surface area contributed by atoms with E-state index >= 15 is 0 Å². The fraction of sp³-hybridized carbons (Fsp3) is 0.250. The fourth-order valence-corrected chi connectivity index (χ4v) is 4.58. The number of fused-ring (bicyclic) bond motifs is 1. The van der Waals surface area contributed by atoms with Crippen LogP contribution in [-0.2, 0) is 22.5 Å². The molecule has 4 rings (SSSR count). The summed E-state index contributed by atoms with van der Waals surface area (Å²) in [6, 6.07) is 12.3. The molecule has 8 heteroatoms. The quantitative estimate of drug-likeness (QED) is 0.298. The molecule has 2 aromatic heterocycles. The van der Waals surface area contributed by atoms with Crippen LogP contribution in [0.5, 0.6) is 0 Å². The van der Waals surface area contributed by atoms with Crippen LogP contribution in [0, 0.1) is 13.8 Å². The van der Waals surface area contributed by atoms with E-state index < -0.39 is 30.9 Å². The standard InChI is InChI=1S/C24H22N2O5S/c1-15-12-20(16(2)25(15)10-9-17-6-5-11-32-17)21(27)14-31-22(28)13-26-23(29)18-7-3-4-8-19(18)24(26)30/h3-8,11-12H,9-10,13-14H2,1-2H3. The highest BCUT2D eigenvalue weighted by Gasteiger charge is 2.36. The first-order valence-electron chi connectivity index (χ1n) is 10.2. The topological polar surface area (TPSA) is 85.7 Å². The van der Waals surface area contributed by atoms with Crippen molar-refractivity contribution in [3.63, 3.8) is 0 Å². The first-order chi connectivity index (χ1) is 15.4. The second kappa shape index (κ2) is 8.92. The van der Waals surface area contributed by atoms with Gasteiger partial charge in [0.05, 0.1) is 11.1 Å². The van der Waals surface area contributed by atoms with Crippen LogP contribution in [0.2, 0.25) is 0 Å². The summed E-state index contributed by atoms with van der Waals surface area (Å²) in [6.07, 6.45) is 0.872. The van der Waals surface area contributed by atoms with Crippen LogP contribution in [0.1, 0.15) is 47.3 Å². The zero-order chi connectivity index (χ0) is 22.8. The summed E-state index contributed by atoms with van der Waals surface area (Å²) in [5.74, 6) is -2.21. The number of benzene rings is 1. The van der Waals surface area contributed by atoms with Gasteiger partial charge >= 0.3 is 5.97 Å². The lowest BCUT2D eigenvalue weighted by atomic mass is 10.1. The van der Waals surface area contributed by atoms with Gasteiger partial charge in [-0.15, -0.1) is 11.3 Å². The summed E-state index contributed by atoms with van der Waals surface area (Å²) < 4.78 is 7.17. The SMILES string of the molecule is Cc1cc(C(=O)COC(=O)CN2C(=O)c3ccccc3C2=O)c(C)n1CCc1cccs1. The van der Waals surface area contributed by atoms with Crippen molar-refractivity contribution in [2.24, 2.45) is 0 Å². The van der Waals surface area contributed by atoms with Gasteiger partial charge in [-0.1, -0.05) is 18.2 Å². The number of imide groups is 1. The number of carbonyl (C=O) groups is 4. The molecule has 1 aliphatic rings. The van der Waals surface area contributed by atoms with Gasteiger partial charge in [-0.05, 0) is 49.9 Å². The Hall–Kier alpha value is -3.52. The Morgan fingerprint density at radius 2 is 1.69 bits per heavy atom. The number of aryl methyl sites for hydroxylation is 2. The minimum atomic E-state index is -0.806. The van der Waals surface area contributed by atoms with E-state index in [-0.39, 0.29) is 16.9 Å². The van der Waals surface area contributed by atoms with E-state index in [1.54, 1.807) is 41.7 Å². The number of nitrogens with zero attached hydrogens (tertiary/aromatic N) is 2. The Kier molecular flexibility index (Phi) is 6.05. The van der Waals surface area contributed by atoms with E-state index in [1.165, 1.54) is 4.88 Å². The van der Waals surface area contributed by atoms with Gasteiger partial charge in [0.15, 0.2) is 6.61 Å². The number of Topliss-reactive ketones (excluding diaryl/α,β-unsaturated/α-hetero) is 1. The average Bonchev–Trinajstić information content (AvgIpc) is 3.46. The zero-order valence-electron chi connectivity index (χ0n) is 17.8. The van der Waals surface area contributed by atoms with Crippen molar-refractivity contribution in [3.05, 3.63) is 80.8 Å². The first-order valence-corrected chi connectivity index (χ1v) is 11.1. The maximum atomic E-state index is 12.7. The van der Waals surface area contributed by atoms with Gasteiger partial charge in [-0.2, -0.15) is 0 Å². The number of amides is 2. The predicted molar refractivity (Wildman–Crippen MR) is 119 cm³/mol. The number of carbonyl (C=O) groups excluding carboxylic acids is 4. The van der Waals surface area contributed by atoms with Crippen LogP contribution in [-0.4, -0.2) is 46.2 Å². The molecule has 0 N–H and O–H groups in total. The Morgan fingerprint density at radius 3 is 2.31 bits per heavy atom. The van der Waals surface area contributed by atoms with E-state index in [4.69, 9.17) is 4.74 Å². The number of hydrogen-bond acceptors (Lipinski definition) is 6. The molecule has 0 bridgehead atoms. The van der Waals surface area contributed by atoms with Crippen molar-refractivity contribution in [1.82, 2.24) is 9.47 Å². The number of esters is 1. The summed E-state index contributed by atoms with van der Waals surface area (Å²) in [4.78, 5) is 51.8. The Morgan fingerprint density at radius 1 is 1.00 bits per heavy atom. The van der Waals surface area contributed by atoms with Crippen molar-refractivity contribution >= 4 is 34.9 Å². The second-order valence-corrected chi connectivity index (χ2v) is 8.62. The highest BCUT2D eigenvalue weighted by atomic mass is 32.1. The van der Waals surface area contributed by atoms with E-state index in [1.807, 2.05) is 25.3 Å². The molecule has 3 aromatic rings. The lowest BCUT2D eigenvalue weighted by Crippen LogP contribution is -2.36. The predicted octanol–water partition coefficient (Wildman–Crippen LogP) is 3.43. The van der Waals surface area contributed by atoms with Crippen LogP contribution >= 0.6 is 11.3 Å². The van der Waals surface area contributed by atoms with Gasteiger partial charge in [0.1, 0.15) is 6.54 Å². The van der Waals surface area contributed by atoms with Crippen LogP contribution < -0.4 is 0 Å². The van der Waals surface area contributed by atoms with Crippen molar-refractivity contribution in [2.75, 3.05) is 13.2 Å². The minimum absolute atomic E-state index is 0.261. The summed E-state index contributed by atoms with van der Waals surface area (Å²) in [6.45, 7) is 3.59. The number of aromatic nitrogens is 1. The van der Waals surface area contributed by atoms with Crippen LogP contribution in [0.15, 0.2) is 47.8 Å². The van der Waals surface area contributed by atoms with Crippen molar-refractivity contribution in [1.29, 1.82) is 0 Å². The van der Waals surface area contributed by atoms with Crippen LogP contribution in [0.3, 0.4) is 0 Å². The molecule has 164 valence electrons. The molecule has 0 unspecified atom stereocenters. The molecule has 1 aliphatic heterocycles. The normalized spacial score (nSPS) is 12.9. The first kappa shape index (κ1) is 21.7. The van der Waals surface area contributed by atoms with E-state index in [2.05, 4.69) is 10.6 Å². The third-order valence-electron chi connectivity index (χ3n) is 5.57. The molecular formula is C24H22N2O5S. The number of ketones is 1. The van der Waals surface area contributed by atoms with Crippen molar-refractivity contribution < 1.29 is 23.9 Å². The highest BCUT2D eigenvalue weighted by molar-refractivity contribution is 7.09. The molecule has 0 fully saturated rings. The summed E-state index contributed by atoms with van der Waals surface area (Å²) in [5, 5.41) is 2.04. The smallest absolute Gasteiger partial charge is 0.326 e. The van der Waals surface area contributed by atoms with Gasteiger partial charge in [-0.25, -0.2) is 0 Å². The van der Waals surface area contributed by atoms with Gasteiger partial charge in [-0.3, -0.25) is 24.1 Å². The van der Waals surface area contributed by atoms with Crippen LogP contribution in [0.25, 0.3) is 0 Å². The third-order valence-corrected chi connectivity index (χ3v) is 6.50. The van der Waals surface area contributed by atoms with Gasteiger partial charge in [0.2, 0.25) is 5.78 Å². The minimum Gasteiger partial charge on any atom is -0.456 e. The largest absolute Gasteiger partial charge is 0.456 e. The number of ether oxygens (including phenoxy) is 1. The second-order valence-electron chi connectivity index (χ2n) is 7.59. The Bertz CT molecular complexity index is 1170. The summed E-state index contributed by atoms with van der Waals surface area (Å²) in [7, 11) is 0. The van der Waals surface area contributed by atoms with Gasteiger partial charge in [0, 0.05) is 28.4 Å². The summed E-state index contributed by atoms with van der Waals surface area (Å²) in [5.41, 5.74) is 2.80. The van der Waals surface area contributed by atoms with Crippen molar-refractivity contribution in [2.45, 2.75) is 26.8 Å². The molecule has 0 radical (unpaired) electrons. The van der Waals surface area contributed by atoms with Crippen LogP contribution in [0.4, 0.5) is 0 Å². The molecule has 0 saturated carbocycles. The van der Waals surface area contributed by atoms with Gasteiger partial charge < -0.3 is 9.30 Å². The molecular weight excluding hydrogens is 428 g/mol. The lowest BCUT2D eigenvalue weighted by molar-refractivity contribution is -0.142. The van der Waals surface area contributed by atoms with Gasteiger partial charge in [0.25, 0.3) is 11.8 Å². The molecule has 0 saturated heterocycles. The summed E-state index contributed by atoms with van der Waals surface area (Å²) >= 11 is 1.70. The molecule has 1 aromatic carbocycles. The fourth-order valence-electron chi connectivity index (χ4n) is 3.89. The number of hydrogen-bond donors (Lipinski definition) is 0.